The number of amides is 1. The average Bonchev–Trinajstić information content (AvgIpc) is 2.92. The highest BCUT2D eigenvalue weighted by Crippen LogP contribution is 2.12. The fraction of sp³-hybridized carbons (Fsp3) is 0.545. The molecule has 0 unspecified atom stereocenters. The van der Waals surface area contributed by atoms with Crippen LogP contribution in [0.5, 0.6) is 0 Å². The third-order valence-electron chi connectivity index (χ3n) is 6.57. The molecule has 0 aliphatic heterocycles. The number of hydrogen-bond donors (Lipinski definition) is 2. The number of hydrogen-bond acceptors (Lipinski definition) is 4. The second-order valence-electron chi connectivity index (χ2n) is 10.8. The zero-order chi connectivity index (χ0) is 29.3. The van der Waals surface area contributed by atoms with Crippen LogP contribution in [0.2, 0.25) is 0 Å². The van der Waals surface area contributed by atoms with E-state index in [4.69, 9.17) is 0 Å². The first kappa shape index (κ1) is 35.5. The molecule has 0 saturated carbocycles. The predicted octanol–water partition coefficient (Wildman–Crippen LogP) is 5.76. The Bertz CT molecular complexity index is 1010. The Morgan fingerprint density at radius 2 is 1.18 bits per heavy atom. The number of quaternary nitrogens is 1. The lowest BCUT2D eigenvalue weighted by molar-refractivity contribution is -0.858. The molecule has 2 aromatic carbocycles. The fourth-order valence-electron chi connectivity index (χ4n) is 4.33. The zero-order valence-corrected chi connectivity index (χ0v) is 25.6. The zero-order valence-electron chi connectivity index (χ0n) is 24.8. The van der Waals surface area contributed by atoms with Crippen molar-refractivity contribution >= 4 is 22.1 Å². The lowest BCUT2D eigenvalue weighted by Gasteiger charge is -2.06. The minimum Gasteiger partial charge on any atom is -0.748 e. The van der Waals surface area contributed by atoms with Gasteiger partial charge in [-0.1, -0.05) is 125 Å². The molecular weight excluding hydrogens is 520 g/mol. The van der Waals surface area contributed by atoms with Crippen LogP contribution in [0, 0.1) is 0 Å². The molecule has 0 aliphatic carbocycles. The van der Waals surface area contributed by atoms with E-state index in [1.807, 2.05) is 36.4 Å². The highest BCUT2D eigenvalue weighted by Gasteiger charge is 1.98. The van der Waals surface area contributed by atoms with Crippen molar-refractivity contribution in [2.45, 2.75) is 89.2 Å². The number of unbranched alkanes of at least 4 members (excludes halogenated alkanes) is 12. The molecule has 1 amide bonds. The van der Waals surface area contributed by atoms with Gasteiger partial charge in [-0.2, -0.15) is 0 Å². The van der Waals surface area contributed by atoms with Crippen molar-refractivity contribution in [2.75, 3.05) is 27.2 Å². The van der Waals surface area contributed by atoms with Crippen LogP contribution < -0.4 is 10.2 Å². The van der Waals surface area contributed by atoms with Crippen LogP contribution in [0.3, 0.4) is 0 Å². The van der Waals surface area contributed by atoms with Gasteiger partial charge in [-0.25, -0.2) is 8.42 Å². The maximum absolute atomic E-state index is 11.8. The number of carbonyl (C=O) groups is 1. The van der Waals surface area contributed by atoms with Gasteiger partial charge in [0.2, 0.25) is 5.91 Å². The van der Waals surface area contributed by atoms with E-state index < -0.39 is 15.9 Å². The standard InChI is InChI=1S/C26H44N2O.C7H8O3S/c1-28(2)24-18-13-11-9-7-5-3-4-6-8-10-12-17-23-27-26(29)22-21-25-19-15-14-16-20-25;8-11(9,10)6-7-4-2-1-3-5-7/h14-16,19-22H,3-13,17-18,23-24H2,1-2H3,(H,27,29);1-5H,6H2,(H,8,9,10). The van der Waals surface area contributed by atoms with Crippen molar-refractivity contribution in [1.29, 1.82) is 0 Å². The monoisotopic (exact) mass is 572 g/mol. The van der Waals surface area contributed by atoms with Gasteiger partial charge in [0.1, 0.15) is 0 Å². The van der Waals surface area contributed by atoms with Crippen LogP contribution in [0.1, 0.15) is 94.6 Å². The summed E-state index contributed by atoms with van der Waals surface area (Å²) in [5.41, 5.74) is 1.59. The van der Waals surface area contributed by atoms with Crippen LogP contribution in [0.4, 0.5) is 0 Å². The first-order valence-corrected chi connectivity index (χ1v) is 16.6. The second kappa shape index (κ2) is 23.2. The molecule has 2 aromatic rings. The number of benzene rings is 2. The molecule has 224 valence electrons. The van der Waals surface area contributed by atoms with E-state index in [9.17, 15) is 17.8 Å². The van der Waals surface area contributed by atoms with Crippen molar-refractivity contribution in [3.63, 3.8) is 0 Å². The molecule has 0 saturated heterocycles. The molecule has 6 nitrogen and oxygen atoms in total. The molecule has 0 fully saturated rings. The summed E-state index contributed by atoms with van der Waals surface area (Å²) in [6.07, 6.45) is 21.1. The Morgan fingerprint density at radius 1 is 0.725 bits per heavy atom. The topological polar surface area (TPSA) is 90.7 Å². The molecule has 7 heteroatoms. The maximum atomic E-state index is 11.8. The Morgan fingerprint density at radius 3 is 1.65 bits per heavy atom. The molecule has 2 rings (SSSR count). The summed E-state index contributed by atoms with van der Waals surface area (Å²) in [4.78, 5) is 13.4. The van der Waals surface area contributed by atoms with E-state index >= 15 is 0 Å². The summed E-state index contributed by atoms with van der Waals surface area (Å²) in [5.74, 6) is -0.416. The van der Waals surface area contributed by atoms with Gasteiger partial charge in [0.15, 0.2) is 0 Å². The van der Waals surface area contributed by atoms with Gasteiger partial charge >= 0.3 is 0 Å². The van der Waals surface area contributed by atoms with Crippen LogP contribution in [-0.2, 0) is 20.7 Å². The summed E-state index contributed by atoms with van der Waals surface area (Å²) < 4.78 is 30.7. The predicted molar refractivity (Wildman–Crippen MR) is 166 cm³/mol. The van der Waals surface area contributed by atoms with Crippen LogP contribution in [-0.4, -0.2) is 46.1 Å². The smallest absolute Gasteiger partial charge is 0.243 e. The largest absolute Gasteiger partial charge is 0.748 e. The first-order chi connectivity index (χ1) is 19.3. The van der Waals surface area contributed by atoms with Gasteiger partial charge in [-0.15, -0.1) is 0 Å². The number of rotatable bonds is 20. The normalized spacial score (nSPS) is 11.4. The van der Waals surface area contributed by atoms with E-state index in [0.717, 1.165) is 18.5 Å². The van der Waals surface area contributed by atoms with Gasteiger partial charge in [-0.05, 0) is 36.5 Å². The van der Waals surface area contributed by atoms with Crippen LogP contribution in [0.25, 0.3) is 6.08 Å². The van der Waals surface area contributed by atoms with Crippen LogP contribution in [0.15, 0.2) is 66.7 Å². The molecule has 2 N–H and O–H groups in total. The molecule has 0 aromatic heterocycles. The van der Waals surface area contributed by atoms with E-state index in [-0.39, 0.29) is 5.91 Å². The minimum atomic E-state index is -4.13. The highest BCUT2D eigenvalue weighted by molar-refractivity contribution is 7.84. The lowest BCUT2D eigenvalue weighted by atomic mass is 10.0. The molecule has 0 aliphatic rings. The van der Waals surface area contributed by atoms with Crippen molar-refractivity contribution in [2.24, 2.45) is 0 Å². The average molecular weight is 573 g/mol. The molecule has 0 radical (unpaired) electrons. The van der Waals surface area contributed by atoms with Gasteiger partial charge in [0.05, 0.1) is 36.5 Å². The van der Waals surface area contributed by atoms with E-state index in [1.54, 1.807) is 41.3 Å². The Hall–Kier alpha value is -2.48. The van der Waals surface area contributed by atoms with Gasteiger partial charge in [-0.3, -0.25) is 4.79 Å². The third-order valence-corrected chi connectivity index (χ3v) is 7.25. The molecule has 0 heterocycles. The highest BCUT2D eigenvalue weighted by atomic mass is 32.2. The lowest BCUT2D eigenvalue weighted by Crippen LogP contribution is -3.05. The van der Waals surface area contributed by atoms with E-state index in [2.05, 4.69) is 19.4 Å². The SMILES string of the molecule is C[NH+](C)CCCCCCCCCCCCCCCNC(=O)C=Cc1ccccc1.O=S(=O)([O-])Cc1ccccc1. The fourth-order valence-corrected chi connectivity index (χ4v) is 4.93. The number of carbonyl (C=O) groups excluding carboxylic acids is 1. The van der Waals surface area contributed by atoms with E-state index in [1.165, 1.54) is 83.6 Å². The Balaban J connectivity index is 0.000000603. The Labute approximate surface area is 244 Å². The van der Waals surface area contributed by atoms with Gasteiger partial charge < -0.3 is 14.8 Å². The van der Waals surface area contributed by atoms with Crippen molar-refractivity contribution in [1.82, 2.24) is 5.32 Å². The Kier molecular flexibility index (Phi) is 20.7. The van der Waals surface area contributed by atoms with E-state index in [0.29, 0.717) is 5.56 Å². The summed E-state index contributed by atoms with van der Waals surface area (Å²) in [7, 11) is 0.352. The van der Waals surface area contributed by atoms with Crippen molar-refractivity contribution in [3.05, 3.63) is 77.9 Å². The first-order valence-electron chi connectivity index (χ1n) is 15.0. The van der Waals surface area contributed by atoms with Crippen molar-refractivity contribution < 1.29 is 22.7 Å². The van der Waals surface area contributed by atoms with Crippen molar-refractivity contribution in [3.8, 4) is 0 Å². The van der Waals surface area contributed by atoms with Gasteiger partial charge in [0.25, 0.3) is 0 Å². The molecule has 0 atom stereocenters. The van der Waals surface area contributed by atoms with Gasteiger partial charge in [0, 0.05) is 12.6 Å². The quantitative estimate of drug-likeness (QED) is 0.120. The molecule has 0 spiro atoms. The third kappa shape index (κ3) is 23.4. The summed E-state index contributed by atoms with van der Waals surface area (Å²) in [5, 5.41) is 2.97. The summed E-state index contributed by atoms with van der Waals surface area (Å²) >= 11 is 0. The summed E-state index contributed by atoms with van der Waals surface area (Å²) in [6, 6.07) is 18.3. The minimum absolute atomic E-state index is 0.00710. The molecule has 0 bridgehead atoms. The maximum Gasteiger partial charge on any atom is 0.243 e. The number of nitrogens with one attached hydrogen (secondary N) is 2. The summed E-state index contributed by atoms with van der Waals surface area (Å²) in [6.45, 7) is 2.10. The second-order valence-corrected chi connectivity index (χ2v) is 12.2. The molecule has 40 heavy (non-hydrogen) atoms. The van der Waals surface area contributed by atoms with Crippen LogP contribution >= 0.6 is 0 Å². The molecular formula is C33H52N2O4S.